The van der Waals surface area contributed by atoms with Gasteiger partial charge in [0.15, 0.2) is 17.3 Å². The zero-order valence-corrected chi connectivity index (χ0v) is 15.7. The Balaban J connectivity index is 1.81. The summed E-state index contributed by atoms with van der Waals surface area (Å²) in [6.45, 7) is 5.94. The number of Topliss-reactive ketones (excluding diaryl/α,β-unsaturated/α-hetero) is 1. The molecule has 0 heterocycles. The van der Waals surface area contributed by atoms with Crippen molar-refractivity contribution < 1.29 is 19.1 Å². The smallest absolute Gasteiger partial charge is 0.224 e. The highest BCUT2D eigenvalue weighted by atomic mass is 16.5. The van der Waals surface area contributed by atoms with Crippen LogP contribution in [0.2, 0.25) is 0 Å². The van der Waals surface area contributed by atoms with Crippen LogP contribution in [-0.2, 0) is 4.79 Å². The first-order valence-electron chi connectivity index (χ1n) is 8.59. The van der Waals surface area contributed by atoms with Gasteiger partial charge < -0.3 is 14.8 Å². The van der Waals surface area contributed by atoms with Crippen molar-refractivity contribution >= 4 is 17.4 Å². The second kappa shape index (κ2) is 9.04. The molecule has 0 radical (unpaired) electrons. The van der Waals surface area contributed by atoms with Gasteiger partial charge >= 0.3 is 0 Å². The first kappa shape index (κ1) is 19.5. The average molecular weight is 355 g/mol. The van der Waals surface area contributed by atoms with Crippen LogP contribution < -0.4 is 14.8 Å². The molecule has 0 aromatic heterocycles. The molecule has 26 heavy (non-hydrogen) atoms. The van der Waals surface area contributed by atoms with Crippen molar-refractivity contribution in [3.05, 3.63) is 53.1 Å². The van der Waals surface area contributed by atoms with Gasteiger partial charge in [-0.25, -0.2) is 0 Å². The quantitative estimate of drug-likeness (QED) is 0.566. The Hall–Kier alpha value is -2.82. The molecule has 0 saturated heterocycles. The maximum atomic E-state index is 12.0. The molecular formula is C21H25NO4. The van der Waals surface area contributed by atoms with Crippen molar-refractivity contribution in [3.8, 4) is 11.5 Å². The molecular weight excluding hydrogens is 330 g/mol. The van der Waals surface area contributed by atoms with Gasteiger partial charge in [0.05, 0.1) is 13.7 Å². The molecule has 0 spiro atoms. The summed E-state index contributed by atoms with van der Waals surface area (Å²) in [4.78, 5) is 23.4. The number of ketones is 1. The Morgan fingerprint density at radius 1 is 1.00 bits per heavy atom. The molecule has 5 heteroatoms. The molecule has 2 rings (SSSR count). The van der Waals surface area contributed by atoms with E-state index in [2.05, 4.69) is 5.32 Å². The van der Waals surface area contributed by atoms with Crippen molar-refractivity contribution in [1.29, 1.82) is 0 Å². The topological polar surface area (TPSA) is 64.6 Å². The average Bonchev–Trinajstić information content (AvgIpc) is 2.61. The molecule has 138 valence electrons. The molecule has 0 unspecified atom stereocenters. The van der Waals surface area contributed by atoms with Crippen LogP contribution in [0, 0.1) is 13.8 Å². The summed E-state index contributed by atoms with van der Waals surface area (Å²) in [5, 5.41) is 2.89. The number of aryl methyl sites for hydroxylation is 2. The molecule has 0 saturated carbocycles. The van der Waals surface area contributed by atoms with Gasteiger partial charge in [-0.3, -0.25) is 9.59 Å². The SMILES string of the molecule is COc1cc(C(C)=O)ccc1OCCCC(=O)Nc1ccc(C)c(C)c1. The highest BCUT2D eigenvalue weighted by Crippen LogP contribution is 2.28. The van der Waals surface area contributed by atoms with E-state index in [1.165, 1.54) is 19.6 Å². The third kappa shape index (κ3) is 5.34. The van der Waals surface area contributed by atoms with Gasteiger partial charge in [0.2, 0.25) is 5.91 Å². The monoisotopic (exact) mass is 355 g/mol. The van der Waals surface area contributed by atoms with Crippen LogP contribution >= 0.6 is 0 Å². The van der Waals surface area contributed by atoms with E-state index in [9.17, 15) is 9.59 Å². The van der Waals surface area contributed by atoms with Crippen LogP contribution in [0.25, 0.3) is 0 Å². The van der Waals surface area contributed by atoms with Crippen LogP contribution in [0.5, 0.6) is 11.5 Å². The van der Waals surface area contributed by atoms with Crippen molar-refractivity contribution in [3.63, 3.8) is 0 Å². The normalized spacial score (nSPS) is 10.3. The summed E-state index contributed by atoms with van der Waals surface area (Å²) in [5.41, 5.74) is 3.72. The number of nitrogens with one attached hydrogen (secondary N) is 1. The number of amides is 1. The fourth-order valence-corrected chi connectivity index (χ4v) is 2.46. The fourth-order valence-electron chi connectivity index (χ4n) is 2.46. The standard InChI is InChI=1S/C21H25NO4/c1-14-7-9-18(12-15(14)2)22-21(24)6-5-11-26-19-10-8-17(16(3)23)13-20(19)25-4/h7-10,12-13H,5-6,11H2,1-4H3,(H,22,24). The van der Waals surface area contributed by atoms with E-state index in [0.717, 1.165) is 11.3 Å². The number of rotatable bonds is 8. The Morgan fingerprint density at radius 2 is 1.77 bits per heavy atom. The number of carbonyl (C=O) groups is 2. The van der Waals surface area contributed by atoms with E-state index >= 15 is 0 Å². The van der Waals surface area contributed by atoms with E-state index in [0.29, 0.717) is 36.5 Å². The highest BCUT2D eigenvalue weighted by Gasteiger charge is 2.09. The van der Waals surface area contributed by atoms with Gasteiger partial charge in [-0.05, 0) is 68.7 Å². The van der Waals surface area contributed by atoms with Gasteiger partial charge in [-0.2, -0.15) is 0 Å². The number of hydrogen-bond acceptors (Lipinski definition) is 4. The predicted molar refractivity (Wildman–Crippen MR) is 102 cm³/mol. The van der Waals surface area contributed by atoms with Gasteiger partial charge in [0, 0.05) is 17.7 Å². The number of carbonyl (C=O) groups excluding carboxylic acids is 2. The van der Waals surface area contributed by atoms with Crippen LogP contribution in [-0.4, -0.2) is 25.4 Å². The molecule has 0 atom stereocenters. The lowest BCUT2D eigenvalue weighted by molar-refractivity contribution is -0.116. The Bertz CT molecular complexity index is 799. The van der Waals surface area contributed by atoms with Gasteiger partial charge in [0.25, 0.3) is 0 Å². The van der Waals surface area contributed by atoms with Crippen LogP contribution in [0.3, 0.4) is 0 Å². The minimum absolute atomic E-state index is 0.0298. The van der Waals surface area contributed by atoms with Crippen molar-refractivity contribution in [1.82, 2.24) is 0 Å². The molecule has 0 fully saturated rings. The lowest BCUT2D eigenvalue weighted by atomic mass is 10.1. The van der Waals surface area contributed by atoms with Gasteiger partial charge in [0.1, 0.15) is 0 Å². The first-order chi connectivity index (χ1) is 12.4. The molecule has 5 nitrogen and oxygen atoms in total. The molecule has 1 N–H and O–H groups in total. The van der Waals surface area contributed by atoms with E-state index in [-0.39, 0.29) is 11.7 Å². The number of ether oxygens (including phenoxy) is 2. The summed E-state index contributed by atoms with van der Waals surface area (Å²) in [5.74, 6) is 0.998. The number of hydrogen-bond donors (Lipinski definition) is 1. The minimum Gasteiger partial charge on any atom is -0.493 e. The highest BCUT2D eigenvalue weighted by molar-refractivity contribution is 5.94. The Morgan fingerprint density at radius 3 is 2.42 bits per heavy atom. The lowest BCUT2D eigenvalue weighted by Crippen LogP contribution is -2.13. The lowest BCUT2D eigenvalue weighted by Gasteiger charge is -2.12. The molecule has 2 aromatic rings. The molecule has 1 amide bonds. The second-order valence-electron chi connectivity index (χ2n) is 6.22. The van der Waals surface area contributed by atoms with Crippen LogP contribution in [0.4, 0.5) is 5.69 Å². The predicted octanol–water partition coefficient (Wildman–Crippen LogP) is 4.31. The number of methoxy groups -OCH3 is 1. The third-order valence-electron chi connectivity index (χ3n) is 4.17. The molecule has 0 bridgehead atoms. The van der Waals surface area contributed by atoms with Crippen LogP contribution in [0.1, 0.15) is 41.3 Å². The Labute approximate surface area is 154 Å². The number of benzene rings is 2. The first-order valence-corrected chi connectivity index (χ1v) is 8.59. The third-order valence-corrected chi connectivity index (χ3v) is 4.17. The van der Waals surface area contributed by atoms with Crippen LogP contribution in [0.15, 0.2) is 36.4 Å². The minimum atomic E-state index is -0.0456. The zero-order chi connectivity index (χ0) is 19.1. The second-order valence-corrected chi connectivity index (χ2v) is 6.22. The van der Waals surface area contributed by atoms with E-state index in [4.69, 9.17) is 9.47 Å². The number of anilines is 1. The fraction of sp³-hybridized carbons (Fsp3) is 0.333. The summed E-state index contributed by atoms with van der Waals surface area (Å²) in [6.07, 6.45) is 0.940. The summed E-state index contributed by atoms with van der Waals surface area (Å²) in [6, 6.07) is 10.9. The molecule has 0 aliphatic rings. The van der Waals surface area contributed by atoms with Crippen molar-refractivity contribution in [2.75, 3.05) is 19.0 Å². The summed E-state index contributed by atoms with van der Waals surface area (Å²) >= 11 is 0. The molecule has 0 aliphatic carbocycles. The molecule has 2 aromatic carbocycles. The van der Waals surface area contributed by atoms with Crippen molar-refractivity contribution in [2.24, 2.45) is 0 Å². The maximum Gasteiger partial charge on any atom is 0.224 e. The van der Waals surface area contributed by atoms with Gasteiger partial charge in [-0.1, -0.05) is 6.07 Å². The zero-order valence-electron chi connectivity index (χ0n) is 15.7. The molecule has 0 aliphatic heterocycles. The van der Waals surface area contributed by atoms with E-state index in [1.54, 1.807) is 18.2 Å². The van der Waals surface area contributed by atoms with E-state index < -0.39 is 0 Å². The summed E-state index contributed by atoms with van der Waals surface area (Å²) < 4.78 is 10.9. The maximum absolute atomic E-state index is 12.0. The Kier molecular flexibility index (Phi) is 6.78. The van der Waals surface area contributed by atoms with E-state index in [1.807, 2.05) is 32.0 Å². The summed E-state index contributed by atoms with van der Waals surface area (Å²) in [7, 11) is 1.53. The van der Waals surface area contributed by atoms with Crippen molar-refractivity contribution in [2.45, 2.75) is 33.6 Å². The largest absolute Gasteiger partial charge is 0.493 e. The van der Waals surface area contributed by atoms with Gasteiger partial charge in [-0.15, -0.1) is 0 Å².